The largest absolute Gasteiger partial charge is 0.409 e. The highest BCUT2D eigenvalue weighted by Gasteiger charge is 2.44. The Morgan fingerprint density at radius 1 is 0.886 bits per heavy atom. The molecule has 35 heavy (non-hydrogen) atoms. The Bertz CT molecular complexity index is 1110. The number of ether oxygens (including phenoxy) is 1. The molecule has 184 valence electrons. The van der Waals surface area contributed by atoms with Crippen molar-refractivity contribution in [2.75, 3.05) is 19.8 Å². The van der Waals surface area contributed by atoms with Crippen molar-refractivity contribution < 1.29 is 18.3 Å². The summed E-state index contributed by atoms with van der Waals surface area (Å²) in [5.74, 6) is 0. The van der Waals surface area contributed by atoms with Gasteiger partial charge in [0.2, 0.25) is 0 Å². The first kappa shape index (κ1) is 25.6. The van der Waals surface area contributed by atoms with Crippen molar-refractivity contribution in [3.05, 3.63) is 120 Å². The molecule has 1 unspecified atom stereocenters. The van der Waals surface area contributed by atoms with Crippen LogP contribution in [-0.4, -0.2) is 24.5 Å². The highest BCUT2D eigenvalue weighted by atomic mass is 31.2. The normalized spacial score (nSPS) is 18.0. The number of benzene rings is 3. The molecule has 1 fully saturated rings. The highest BCUT2D eigenvalue weighted by molar-refractivity contribution is 7.51. The zero-order valence-corrected chi connectivity index (χ0v) is 21.3. The lowest BCUT2D eigenvalue weighted by molar-refractivity contribution is 0.0165. The summed E-state index contributed by atoms with van der Waals surface area (Å²) in [6.07, 6.45) is 4.02. The summed E-state index contributed by atoms with van der Waals surface area (Å²) in [5.41, 5.74) is 2.99. The molecule has 3 aromatic carbocycles. The summed E-state index contributed by atoms with van der Waals surface area (Å²) in [5, 5.41) is 0. The van der Waals surface area contributed by atoms with Gasteiger partial charge in [0.1, 0.15) is 0 Å². The Labute approximate surface area is 208 Å². The van der Waals surface area contributed by atoms with Crippen LogP contribution in [0.3, 0.4) is 0 Å². The van der Waals surface area contributed by atoms with Gasteiger partial charge in [-0.1, -0.05) is 117 Å². The van der Waals surface area contributed by atoms with E-state index in [1.807, 2.05) is 108 Å². The molecule has 0 spiro atoms. The summed E-state index contributed by atoms with van der Waals surface area (Å²) in [4.78, 5) is 0. The number of hydrogen-bond acceptors (Lipinski definition) is 4. The van der Waals surface area contributed by atoms with Gasteiger partial charge in [-0.05, 0) is 16.7 Å². The molecule has 1 aliphatic heterocycles. The minimum atomic E-state index is -3.55. The average molecular weight is 492 g/mol. The van der Waals surface area contributed by atoms with E-state index >= 15 is 0 Å². The number of rotatable bonds is 10. The van der Waals surface area contributed by atoms with Crippen molar-refractivity contribution in [3.63, 3.8) is 0 Å². The van der Waals surface area contributed by atoms with Crippen LogP contribution in [0.1, 0.15) is 36.6 Å². The van der Waals surface area contributed by atoms with Crippen LogP contribution in [0.15, 0.2) is 103 Å². The van der Waals surface area contributed by atoms with Crippen LogP contribution >= 0.6 is 7.75 Å². The topological polar surface area (TPSA) is 48.0 Å². The van der Waals surface area contributed by atoms with Gasteiger partial charge in [-0.2, -0.15) is 4.67 Å². The van der Waals surface area contributed by atoms with Crippen LogP contribution in [0.5, 0.6) is 0 Å². The lowest BCUT2D eigenvalue weighted by Gasteiger charge is -2.41. The predicted molar refractivity (Wildman–Crippen MR) is 140 cm³/mol. The summed E-state index contributed by atoms with van der Waals surface area (Å²) in [6, 6.07) is 29.8. The van der Waals surface area contributed by atoms with E-state index in [1.165, 1.54) is 0 Å². The van der Waals surface area contributed by atoms with E-state index in [0.29, 0.717) is 33.0 Å². The van der Waals surface area contributed by atoms with Crippen molar-refractivity contribution in [2.45, 2.75) is 33.0 Å². The first-order valence-corrected chi connectivity index (χ1v) is 13.5. The molecular weight excluding hydrogens is 457 g/mol. The second-order valence-corrected chi connectivity index (χ2v) is 11.5. The standard InChI is InChI=1S/C29H34NO4P/c1-29(2)23-33-35(31,34-24-29)30(21-25-13-6-3-7-14-25)28(27-17-10-5-11-18-27)19-12-20-32-22-26-15-8-4-9-16-26/h3-19,28H,20-24H2,1-2H3/b19-12+. The van der Waals surface area contributed by atoms with Crippen molar-refractivity contribution in [1.29, 1.82) is 0 Å². The third-order valence-corrected chi connectivity index (χ3v) is 7.78. The lowest BCUT2D eigenvalue weighted by Crippen LogP contribution is -2.36. The third kappa shape index (κ3) is 7.23. The lowest BCUT2D eigenvalue weighted by atomic mass is 9.97. The summed E-state index contributed by atoms with van der Waals surface area (Å²) >= 11 is 0. The molecule has 0 aromatic heterocycles. The minimum absolute atomic E-state index is 0.185. The number of hydrogen-bond donors (Lipinski definition) is 0. The number of nitrogens with zero attached hydrogens (tertiary/aromatic N) is 1. The minimum Gasteiger partial charge on any atom is -0.373 e. The van der Waals surface area contributed by atoms with E-state index in [4.69, 9.17) is 13.8 Å². The molecule has 4 rings (SSSR count). The SMILES string of the molecule is CC1(C)COP(=O)(N(Cc2ccccc2)C(/C=C/COCc2ccccc2)c2ccccc2)OC1. The first-order valence-electron chi connectivity index (χ1n) is 12.0. The van der Waals surface area contributed by atoms with Crippen LogP contribution in [0.4, 0.5) is 0 Å². The second kappa shape index (κ2) is 11.9. The van der Waals surface area contributed by atoms with Crippen LogP contribution in [0.25, 0.3) is 0 Å². The molecule has 5 nitrogen and oxygen atoms in total. The van der Waals surface area contributed by atoms with E-state index in [1.54, 1.807) is 0 Å². The van der Waals surface area contributed by atoms with Crippen molar-refractivity contribution in [2.24, 2.45) is 5.41 Å². The van der Waals surface area contributed by atoms with Gasteiger partial charge in [0.05, 0.1) is 32.5 Å². The van der Waals surface area contributed by atoms with Gasteiger partial charge in [-0.15, -0.1) is 0 Å². The summed E-state index contributed by atoms with van der Waals surface area (Å²) in [6.45, 7) is 6.26. The molecule has 0 radical (unpaired) electrons. The van der Waals surface area contributed by atoms with Crippen molar-refractivity contribution in [3.8, 4) is 0 Å². The second-order valence-electron chi connectivity index (χ2n) is 9.55. The molecule has 1 atom stereocenters. The zero-order chi connectivity index (χ0) is 24.6. The van der Waals surface area contributed by atoms with E-state index in [9.17, 15) is 4.57 Å². The van der Waals surface area contributed by atoms with Gasteiger partial charge in [-0.3, -0.25) is 9.05 Å². The maximum atomic E-state index is 14.1. The van der Waals surface area contributed by atoms with Crippen molar-refractivity contribution >= 4 is 7.75 Å². The molecule has 6 heteroatoms. The predicted octanol–water partition coefficient (Wildman–Crippen LogP) is 7.18. The Morgan fingerprint density at radius 3 is 2.03 bits per heavy atom. The monoisotopic (exact) mass is 491 g/mol. The average Bonchev–Trinajstić information content (AvgIpc) is 2.89. The quantitative estimate of drug-likeness (QED) is 0.171. The maximum Gasteiger partial charge on any atom is 0.409 e. The molecule has 0 aliphatic carbocycles. The van der Waals surface area contributed by atoms with E-state index in [-0.39, 0.29) is 11.5 Å². The Kier molecular flexibility index (Phi) is 8.72. The van der Waals surface area contributed by atoms with E-state index < -0.39 is 7.75 Å². The fraction of sp³-hybridized carbons (Fsp3) is 0.310. The molecule has 0 N–H and O–H groups in total. The summed E-state index contributed by atoms with van der Waals surface area (Å²) in [7, 11) is -3.55. The van der Waals surface area contributed by atoms with Gasteiger partial charge < -0.3 is 4.74 Å². The van der Waals surface area contributed by atoms with E-state index in [2.05, 4.69) is 13.8 Å². The van der Waals surface area contributed by atoms with Crippen LogP contribution in [0, 0.1) is 5.41 Å². The maximum absolute atomic E-state index is 14.1. The van der Waals surface area contributed by atoms with Crippen LogP contribution in [0.2, 0.25) is 0 Å². The van der Waals surface area contributed by atoms with Gasteiger partial charge >= 0.3 is 7.75 Å². The Morgan fingerprint density at radius 2 is 1.43 bits per heavy atom. The molecule has 0 saturated carbocycles. The van der Waals surface area contributed by atoms with Crippen LogP contribution in [-0.2, 0) is 31.5 Å². The van der Waals surface area contributed by atoms with Gasteiger partial charge in [0.15, 0.2) is 0 Å². The summed E-state index contributed by atoms with van der Waals surface area (Å²) < 4.78 is 33.9. The van der Waals surface area contributed by atoms with Gasteiger partial charge in [0.25, 0.3) is 0 Å². The van der Waals surface area contributed by atoms with Crippen molar-refractivity contribution in [1.82, 2.24) is 4.67 Å². The molecule has 1 heterocycles. The Hall–Kier alpha value is -2.53. The third-order valence-electron chi connectivity index (χ3n) is 5.85. The van der Waals surface area contributed by atoms with E-state index in [0.717, 1.165) is 16.7 Å². The fourth-order valence-electron chi connectivity index (χ4n) is 3.88. The molecule has 3 aromatic rings. The van der Waals surface area contributed by atoms with Gasteiger partial charge in [0, 0.05) is 12.0 Å². The molecule has 1 aliphatic rings. The van der Waals surface area contributed by atoms with Crippen LogP contribution < -0.4 is 0 Å². The molecule has 1 saturated heterocycles. The fourth-order valence-corrected chi connectivity index (χ4v) is 6.13. The molecule has 0 bridgehead atoms. The zero-order valence-electron chi connectivity index (χ0n) is 20.5. The molecular formula is C29H34NO4P. The smallest absolute Gasteiger partial charge is 0.373 e. The first-order chi connectivity index (χ1) is 17.0. The highest BCUT2D eigenvalue weighted by Crippen LogP contribution is 2.60. The Balaban J connectivity index is 1.59. The van der Waals surface area contributed by atoms with Gasteiger partial charge in [-0.25, -0.2) is 4.57 Å². The molecule has 0 amide bonds.